The standard InChI is InChI=1S/C23H23FN4O2/c24-19-2-4-20(5-3-19)28-16-25-14-21(28)23(29)27-10-8-26(9-11-27)15-17-1-6-22-18(13-17)7-12-30-22/h1-6,13-14,16H,7-12,15H2. The minimum Gasteiger partial charge on any atom is -0.493 e. The second-order valence-electron chi connectivity index (χ2n) is 7.73. The van der Waals surface area contributed by atoms with E-state index >= 15 is 0 Å². The van der Waals surface area contributed by atoms with Crippen LogP contribution in [0.2, 0.25) is 0 Å². The Balaban J connectivity index is 1.22. The maximum absolute atomic E-state index is 13.2. The van der Waals surface area contributed by atoms with Crippen molar-refractivity contribution < 1.29 is 13.9 Å². The third-order valence-corrected chi connectivity index (χ3v) is 5.78. The van der Waals surface area contributed by atoms with E-state index in [1.54, 1.807) is 29.2 Å². The molecule has 0 spiro atoms. The molecule has 2 aromatic carbocycles. The first-order valence-corrected chi connectivity index (χ1v) is 10.2. The summed E-state index contributed by atoms with van der Waals surface area (Å²) >= 11 is 0. The van der Waals surface area contributed by atoms with Gasteiger partial charge in [-0.15, -0.1) is 0 Å². The lowest BCUT2D eigenvalue weighted by atomic mass is 10.1. The van der Waals surface area contributed by atoms with Crippen molar-refractivity contribution in [1.29, 1.82) is 0 Å². The fraction of sp³-hybridized carbons (Fsp3) is 0.304. The van der Waals surface area contributed by atoms with Crippen molar-refractivity contribution in [1.82, 2.24) is 19.4 Å². The lowest BCUT2D eigenvalue weighted by molar-refractivity contribution is 0.0620. The molecule has 1 saturated heterocycles. The van der Waals surface area contributed by atoms with Crippen molar-refractivity contribution in [3.8, 4) is 11.4 Å². The van der Waals surface area contributed by atoms with E-state index in [2.05, 4.69) is 28.1 Å². The van der Waals surface area contributed by atoms with Crippen molar-refractivity contribution in [3.63, 3.8) is 0 Å². The predicted octanol–water partition coefficient (Wildman–Crippen LogP) is 2.90. The molecule has 3 aromatic rings. The lowest BCUT2D eigenvalue weighted by Gasteiger charge is -2.34. The van der Waals surface area contributed by atoms with Crippen molar-refractivity contribution in [2.75, 3.05) is 32.8 Å². The summed E-state index contributed by atoms with van der Waals surface area (Å²) in [6, 6.07) is 12.5. The van der Waals surface area contributed by atoms with Crippen LogP contribution >= 0.6 is 0 Å². The Morgan fingerprint density at radius 3 is 2.67 bits per heavy atom. The topological polar surface area (TPSA) is 50.6 Å². The summed E-state index contributed by atoms with van der Waals surface area (Å²) in [6.45, 7) is 4.63. The summed E-state index contributed by atoms with van der Waals surface area (Å²) in [4.78, 5) is 21.4. The van der Waals surface area contributed by atoms with E-state index in [9.17, 15) is 9.18 Å². The maximum atomic E-state index is 13.2. The molecule has 2 aliphatic heterocycles. The monoisotopic (exact) mass is 406 g/mol. The second kappa shape index (κ2) is 7.91. The molecule has 0 aliphatic carbocycles. The molecule has 154 valence electrons. The number of benzene rings is 2. The Bertz CT molecular complexity index is 1060. The number of halogens is 1. The van der Waals surface area contributed by atoms with Gasteiger partial charge in [0.2, 0.25) is 0 Å². The van der Waals surface area contributed by atoms with Crippen LogP contribution in [0.5, 0.6) is 5.75 Å². The average Bonchev–Trinajstić information content (AvgIpc) is 3.44. The fourth-order valence-electron chi connectivity index (χ4n) is 4.13. The summed E-state index contributed by atoms with van der Waals surface area (Å²) in [5.41, 5.74) is 3.79. The molecular formula is C23H23FN4O2. The zero-order chi connectivity index (χ0) is 20.5. The van der Waals surface area contributed by atoms with Crippen LogP contribution in [-0.4, -0.2) is 58.0 Å². The number of nitrogens with zero attached hydrogens (tertiary/aromatic N) is 4. The van der Waals surface area contributed by atoms with Gasteiger partial charge in [0.1, 0.15) is 17.3 Å². The molecule has 5 rings (SSSR count). The van der Waals surface area contributed by atoms with Crippen LogP contribution in [0.3, 0.4) is 0 Å². The minimum absolute atomic E-state index is 0.0499. The van der Waals surface area contributed by atoms with E-state index in [-0.39, 0.29) is 11.7 Å². The van der Waals surface area contributed by atoms with Gasteiger partial charge in [0.05, 0.1) is 19.1 Å². The summed E-state index contributed by atoms with van der Waals surface area (Å²) in [7, 11) is 0. The van der Waals surface area contributed by atoms with Gasteiger partial charge < -0.3 is 9.64 Å². The summed E-state index contributed by atoms with van der Waals surface area (Å²) in [5, 5.41) is 0. The van der Waals surface area contributed by atoms with Crippen LogP contribution < -0.4 is 4.74 Å². The molecule has 1 amide bonds. The smallest absolute Gasteiger partial charge is 0.272 e. The molecule has 0 atom stereocenters. The molecule has 6 nitrogen and oxygen atoms in total. The molecule has 0 radical (unpaired) electrons. The number of aromatic nitrogens is 2. The van der Waals surface area contributed by atoms with Gasteiger partial charge in [0.25, 0.3) is 5.91 Å². The summed E-state index contributed by atoms with van der Waals surface area (Å²) in [6.07, 6.45) is 4.14. The normalized spacial score (nSPS) is 16.4. The van der Waals surface area contributed by atoms with Gasteiger partial charge in [-0.25, -0.2) is 9.37 Å². The first-order chi connectivity index (χ1) is 14.7. The number of hydrogen-bond acceptors (Lipinski definition) is 4. The van der Waals surface area contributed by atoms with Crippen molar-refractivity contribution in [3.05, 3.63) is 77.6 Å². The molecule has 2 aliphatic rings. The molecule has 1 fully saturated rings. The van der Waals surface area contributed by atoms with E-state index in [1.807, 2.05) is 4.90 Å². The van der Waals surface area contributed by atoms with Crippen molar-refractivity contribution in [2.24, 2.45) is 0 Å². The Labute approximate surface area is 174 Å². The van der Waals surface area contributed by atoms with Crippen LogP contribution in [0, 0.1) is 5.82 Å². The van der Waals surface area contributed by atoms with E-state index < -0.39 is 0 Å². The maximum Gasteiger partial charge on any atom is 0.272 e. The largest absolute Gasteiger partial charge is 0.493 e. The van der Waals surface area contributed by atoms with E-state index in [0.29, 0.717) is 18.8 Å². The number of imidazole rings is 1. The molecule has 7 heteroatoms. The minimum atomic E-state index is -0.307. The number of carbonyl (C=O) groups excluding carboxylic acids is 1. The zero-order valence-electron chi connectivity index (χ0n) is 16.6. The van der Waals surface area contributed by atoms with Crippen molar-refractivity contribution >= 4 is 5.91 Å². The predicted molar refractivity (Wildman–Crippen MR) is 110 cm³/mol. The Kier molecular flexibility index (Phi) is 4.96. The van der Waals surface area contributed by atoms with Gasteiger partial charge >= 0.3 is 0 Å². The van der Waals surface area contributed by atoms with Crippen molar-refractivity contribution in [2.45, 2.75) is 13.0 Å². The molecule has 0 saturated carbocycles. The Hall–Kier alpha value is -3.19. The lowest BCUT2D eigenvalue weighted by Crippen LogP contribution is -2.48. The molecular weight excluding hydrogens is 383 g/mol. The highest BCUT2D eigenvalue weighted by Gasteiger charge is 2.25. The molecule has 3 heterocycles. The number of piperazine rings is 1. The van der Waals surface area contributed by atoms with Crippen LogP contribution in [0.1, 0.15) is 21.6 Å². The zero-order valence-corrected chi connectivity index (χ0v) is 16.6. The summed E-state index contributed by atoms with van der Waals surface area (Å²) in [5.74, 6) is 0.650. The molecule has 0 N–H and O–H groups in total. The number of amides is 1. The van der Waals surface area contributed by atoms with Crippen LogP contribution in [0.4, 0.5) is 4.39 Å². The molecule has 30 heavy (non-hydrogen) atoms. The first-order valence-electron chi connectivity index (χ1n) is 10.2. The van der Waals surface area contributed by atoms with E-state index in [0.717, 1.165) is 44.1 Å². The van der Waals surface area contributed by atoms with Gasteiger partial charge in [-0.2, -0.15) is 0 Å². The SMILES string of the molecule is O=C(c1cncn1-c1ccc(F)cc1)N1CCN(Cc2ccc3c(c2)CCO3)CC1. The highest BCUT2D eigenvalue weighted by molar-refractivity contribution is 5.93. The highest BCUT2D eigenvalue weighted by atomic mass is 19.1. The third-order valence-electron chi connectivity index (χ3n) is 5.78. The van der Waals surface area contributed by atoms with E-state index in [4.69, 9.17) is 4.74 Å². The van der Waals surface area contributed by atoms with Gasteiger partial charge in [-0.05, 0) is 41.5 Å². The fourth-order valence-corrected chi connectivity index (χ4v) is 4.13. The van der Waals surface area contributed by atoms with Gasteiger partial charge in [-0.3, -0.25) is 14.3 Å². The molecule has 0 unspecified atom stereocenters. The molecule has 0 bridgehead atoms. The highest BCUT2D eigenvalue weighted by Crippen LogP contribution is 2.26. The Morgan fingerprint density at radius 1 is 1.07 bits per heavy atom. The van der Waals surface area contributed by atoms with Gasteiger partial charge in [0.15, 0.2) is 0 Å². The second-order valence-corrected chi connectivity index (χ2v) is 7.73. The van der Waals surface area contributed by atoms with Gasteiger partial charge in [-0.1, -0.05) is 12.1 Å². The number of carbonyl (C=O) groups is 1. The van der Waals surface area contributed by atoms with Crippen LogP contribution in [0.15, 0.2) is 55.0 Å². The number of ether oxygens (including phenoxy) is 1. The Morgan fingerprint density at radius 2 is 1.87 bits per heavy atom. The summed E-state index contributed by atoms with van der Waals surface area (Å²) < 4.78 is 20.5. The first kappa shape index (κ1) is 18.8. The quantitative estimate of drug-likeness (QED) is 0.669. The number of rotatable bonds is 4. The molecule has 1 aromatic heterocycles. The van der Waals surface area contributed by atoms with Crippen LogP contribution in [0.25, 0.3) is 5.69 Å². The van der Waals surface area contributed by atoms with Crippen LogP contribution in [-0.2, 0) is 13.0 Å². The van der Waals surface area contributed by atoms with Gasteiger partial charge in [0, 0.05) is 44.8 Å². The average molecular weight is 406 g/mol. The number of fused-ring (bicyclic) bond motifs is 1. The third kappa shape index (κ3) is 3.68. The van der Waals surface area contributed by atoms with E-state index in [1.165, 1.54) is 23.3 Å². The number of hydrogen-bond donors (Lipinski definition) is 0.